The molecule has 1 aliphatic rings. The molecule has 172 valence electrons. The Morgan fingerprint density at radius 1 is 1.03 bits per heavy atom. The van der Waals surface area contributed by atoms with E-state index in [0.29, 0.717) is 18.3 Å². The fourth-order valence-corrected chi connectivity index (χ4v) is 4.90. The number of urea groups is 1. The second-order valence-electron chi connectivity index (χ2n) is 8.51. The number of benzene rings is 2. The number of aryl methyl sites for hydroxylation is 2. The zero-order chi connectivity index (χ0) is 23.7. The van der Waals surface area contributed by atoms with Crippen molar-refractivity contribution in [3.05, 3.63) is 99.9 Å². The van der Waals surface area contributed by atoms with Crippen LogP contribution in [0.15, 0.2) is 76.3 Å². The van der Waals surface area contributed by atoms with Crippen molar-refractivity contribution in [1.29, 1.82) is 0 Å². The molecular weight excluding hydrogens is 444 g/mol. The fourth-order valence-electron chi connectivity index (χ4n) is 4.25. The first-order valence-electron chi connectivity index (χ1n) is 11.3. The van der Waals surface area contributed by atoms with E-state index in [1.165, 1.54) is 16.7 Å². The summed E-state index contributed by atoms with van der Waals surface area (Å²) in [7, 11) is 0. The monoisotopic (exact) mass is 470 g/mol. The number of thiophene rings is 1. The van der Waals surface area contributed by atoms with Gasteiger partial charge in [-0.2, -0.15) is 4.98 Å². The van der Waals surface area contributed by atoms with Gasteiger partial charge in [0.25, 0.3) is 5.89 Å². The van der Waals surface area contributed by atoms with Gasteiger partial charge in [0.15, 0.2) is 0 Å². The van der Waals surface area contributed by atoms with Gasteiger partial charge in [0.05, 0.1) is 16.5 Å². The molecule has 2 aromatic carbocycles. The molecule has 0 radical (unpaired) electrons. The standard InChI is InChI=1S/C27H26N4O2S/c1-17-11-12-21(16-18(17)2)24-23(26-29-25(30-33-26)22-10-7-15-34-22)19(3)31(27(32)28-24)14-13-20-8-5-4-6-9-20/h4-12,15-16,24H,13-14H2,1-3H3,(H,28,32). The van der Waals surface area contributed by atoms with Gasteiger partial charge in [0.2, 0.25) is 5.82 Å². The van der Waals surface area contributed by atoms with Crippen LogP contribution in [0, 0.1) is 13.8 Å². The number of carbonyl (C=O) groups is 1. The van der Waals surface area contributed by atoms with Crippen LogP contribution in [-0.4, -0.2) is 27.6 Å². The number of rotatable bonds is 6. The van der Waals surface area contributed by atoms with E-state index in [0.717, 1.165) is 28.1 Å². The highest BCUT2D eigenvalue weighted by Crippen LogP contribution is 2.38. The van der Waals surface area contributed by atoms with E-state index in [1.54, 1.807) is 16.2 Å². The average molecular weight is 471 g/mol. The Morgan fingerprint density at radius 2 is 1.85 bits per heavy atom. The Morgan fingerprint density at radius 3 is 2.59 bits per heavy atom. The van der Waals surface area contributed by atoms with Crippen molar-refractivity contribution in [3.63, 3.8) is 0 Å². The molecule has 1 atom stereocenters. The Labute approximate surface area is 202 Å². The molecule has 7 heteroatoms. The molecule has 4 aromatic rings. The summed E-state index contributed by atoms with van der Waals surface area (Å²) in [4.78, 5) is 20.7. The summed E-state index contributed by atoms with van der Waals surface area (Å²) in [6.07, 6.45) is 0.747. The van der Waals surface area contributed by atoms with Crippen molar-refractivity contribution in [2.75, 3.05) is 6.54 Å². The highest BCUT2D eigenvalue weighted by atomic mass is 32.1. The lowest BCUT2D eigenvalue weighted by Gasteiger charge is -2.35. The first-order chi connectivity index (χ1) is 16.5. The van der Waals surface area contributed by atoms with Crippen LogP contribution in [-0.2, 0) is 6.42 Å². The van der Waals surface area contributed by atoms with Crippen molar-refractivity contribution in [1.82, 2.24) is 20.4 Å². The van der Waals surface area contributed by atoms with E-state index in [9.17, 15) is 4.79 Å². The van der Waals surface area contributed by atoms with Gasteiger partial charge in [0, 0.05) is 12.2 Å². The molecule has 0 saturated carbocycles. The van der Waals surface area contributed by atoms with Crippen molar-refractivity contribution in [3.8, 4) is 10.7 Å². The van der Waals surface area contributed by atoms with Crippen molar-refractivity contribution < 1.29 is 9.32 Å². The lowest BCUT2D eigenvalue weighted by atomic mass is 9.92. The molecule has 0 saturated heterocycles. The molecular formula is C27H26N4O2S. The number of amides is 2. The summed E-state index contributed by atoms with van der Waals surface area (Å²) in [5.41, 5.74) is 6.19. The van der Waals surface area contributed by atoms with E-state index in [2.05, 4.69) is 54.7 Å². The van der Waals surface area contributed by atoms with Gasteiger partial charge in [-0.3, -0.25) is 4.90 Å². The molecule has 1 unspecified atom stereocenters. The molecule has 2 amide bonds. The molecule has 3 heterocycles. The molecule has 0 aliphatic carbocycles. The van der Waals surface area contributed by atoms with Crippen LogP contribution >= 0.6 is 11.3 Å². The first-order valence-corrected chi connectivity index (χ1v) is 12.2. The predicted molar refractivity (Wildman–Crippen MR) is 134 cm³/mol. The molecule has 1 N–H and O–H groups in total. The second-order valence-corrected chi connectivity index (χ2v) is 9.46. The Balaban J connectivity index is 1.56. The number of nitrogens with zero attached hydrogens (tertiary/aromatic N) is 3. The van der Waals surface area contributed by atoms with Crippen LogP contribution in [0.25, 0.3) is 16.3 Å². The maximum Gasteiger partial charge on any atom is 0.322 e. The third-order valence-electron chi connectivity index (χ3n) is 6.33. The first kappa shape index (κ1) is 22.1. The zero-order valence-corrected chi connectivity index (χ0v) is 20.2. The summed E-state index contributed by atoms with van der Waals surface area (Å²) in [5, 5.41) is 9.40. The van der Waals surface area contributed by atoms with Gasteiger partial charge in [-0.15, -0.1) is 11.3 Å². The third-order valence-corrected chi connectivity index (χ3v) is 7.19. The van der Waals surface area contributed by atoms with Crippen molar-refractivity contribution >= 4 is 22.9 Å². The van der Waals surface area contributed by atoms with Crippen LogP contribution in [0.4, 0.5) is 4.79 Å². The highest BCUT2D eigenvalue weighted by molar-refractivity contribution is 7.13. The van der Waals surface area contributed by atoms with Gasteiger partial charge in [0.1, 0.15) is 0 Å². The maximum absolute atomic E-state index is 13.2. The minimum atomic E-state index is -0.378. The quantitative estimate of drug-likeness (QED) is 0.367. The molecule has 6 nitrogen and oxygen atoms in total. The number of allylic oxidation sites excluding steroid dienone is 1. The molecule has 0 spiro atoms. The smallest absolute Gasteiger partial charge is 0.322 e. The Hall–Kier alpha value is -3.71. The molecule has 5 rings (SSSR count). The van der Waals surface area contributed by atoms with E-state index >= 15 is 0 Å². The Bertz CT molecular complexity index is 1340. The largest absolute Gasteiger partial charge is 0.334 e. The summed E-state index contributed by atoms with van der Waals surface area (Å²) < 4.78 is 5.76. The topological polar surface area (TPSA) is 71.3 Å². The van der Waals surface area contributed by atoms with Crippen molar-refractivity contribution in [2.24, 2.45) is 0 Å². The number of carbonyl (C=O) groups excluding carboxylic acids is 1. The normalized spacial score (nSPS) is 16.1. The summed E-state index contributed by atoms with van der Waals surface area (Å²) in [6, 6.07) is 19.8. The second kappa shape index (κ2) is 9.27. The van der Waals surface area contributed by atoms with Crippen molar-refractivity contribution in [2.45, 2.75) is 33.2 Å². The van der Waals surface area contributed by atoms with Gasteiger partial charge < -0.3 is 9.84 Å². The summed E-state index contributed by atoms with van der Waals surface area (Å²) in [6.45, 7) is 6.67. The van der Waals surface area contributed by atoms with E-state index in [4.69, 9.17) is 9.51 Å². The van der Waals surface area contributed by atoms with E-state index in [-0.39, 0.29) is 12.1 Å². The number of hydrogen-bond acceptors (Lipinski definition) is 5. The molecule has 0 fully saturated rings. The van der Waals surface area contributed by atoms with Gasteiger partial charge in [-0.1, -0.05) is 59.8 Å². The summed E-state index contributed by atoms with van der Waals surface area (Å²) in [5.74, 6) is 0.978. The SMILES string of the molecule is CC1=C(c2nc(-c3cccs3)no2)C(c2ccc(C)c(C)c2)NC(=O)N1CCc1ccccc1. The average Bonchev–Trinajstić information content (AvgIpc) is 3.53. The minimum Gasteiger partial charge on any atom is -0.334 e. The molecule has 1 aliphatic heterocycles. The predicted octanol–water partition coefficient (Wildman–Crippen LogP) is 6.16. The Kier molecular flexibility index (Phi) is 6.02. The highest BCUT2D eigenvalue weighted by Gasteiger charge is 2.35. The van der Waals surface area contributed by atoms with Crippen LogP contribution < -0.4 is 5.32 Å². The van der Waals surface area contributed by atoms with Gasteiger partial charge in [-0.25, -0.2) is 4.79 Å². The van der Waals surface area contributed by atoms with Crippen LogP contribution in [0.3, 0.4) is 0 Å². The third kappa shape index (κ3) is 4.26. The van der Waals surface area contributed by atoms with E-state index < -0.39 is 0 Å². The number of aromatic nitrogens is 2. The number of nitrogens with one attached hydrogen (secondary N) is 1. The maximum atomic E-state index is 13.2. The molecule has 0 bridgehead atoms. The zero-order valence-electron chi connectivity index (χ0n) is 19.4. The van der Waals surface area contributed by atoms with Crippen LogP contribution in [0.5, 0.6) is 0 Å². The van der Waals surface area contributed by atoms with Crippen LogP contribution in [0.2, 0.25) is 0 Å². The fraction of sp³-hybridized carbons (Fsp3) is 0.222. The van der Waals surface area contributed by atoms with Gasteiger partial charge in [-0.05, 0) is 60.9 Å². The van der Waals surface area contributed by atoms with Gasteiger partial charge >= 0.3 is 6.03 Å². The molecule has 34 heavy (non-hydrogen) atoms. The molecule has 2 aromatic heterocycles. The lowest BCUT2D eigenvalue weighted by molar-refractivity contribution is 0.205. The van der Waals surface area contributed by atoms with Crippen LogP contribution in [0.1, 0.15) is 41.1 Å². The lowest BCUT2D eigenvalue weighted by Crippen LogP contribution is -2.46. The summed E-state index contributed by atoms with van der Waals surface area (Å²) >= 11 is 1.56. The number of hydrogen-bond donors (Lipinski definition) is 1. The minimum absolute atomic E-state index is 0.126. The van der Waals surface area contributed by atoms with E-state index in [1.807, 2.05) is 42.6 Å².